The van der Waals surface area contributed by atoms with Gasteiger partial charge in [0.1, 0.15) is 11.9 Å². The van der Waals surface area contributed by atoms with Crippen molar-refractivity contribution in [3.05, 3.63) is 35.6 Å². The van der Waals surface area contributed by atoms with Gasteiger partial charge in [-0.1, -0.05) is 12.1 Å². The molecule has 0 radical (unpaired) electrons. The van der Waals surface area contributed by atoms with Crippen LogP contribution in [0.1, 0.15) is 11.6 Å². The average molecular weight is 331 g/mol. The van der Waals surface area contributed by atoms with Gasteiger partial charge in [-0.05, 0) is 17.7 Å². The number of benzene rings is 1. The van der Waals surface area contributed by atoms with Crippen LogP contribution < -0.4 is 11.1 Å². The molecule has 1 amide bonds. The predicted molar refractivity (Wildman–Crippen MR) is 70.4 cm³/mol. The Morgan fingerprint density at radius 1 is 1.33 bits per heavy atom. The van der Waals surface area contributed by atoms with E-state index in [1.807, 2.05) is 0 Å². The Morgan fingerprint density at radius 3 is 2.29 bits per heavy atom. The maximum atomic E-state index is 12.9. The van der Waals surface area contributed by atoms with E-state index < -0.39 is 30.0 Å². The minimum absolute atomic E-state index is 0. The van der Waals surface area contributed by atoms with E-state index in [2.05, 4.69) is 4.74 Å². The summed E-state index contributed by atoms with van der Waals surface area (Å²) in [7, 11) is 1.27. The Labute approximate surface area is 125 Å². The molecular weight excluding hydrogens is 316 g/mol. The van der Waals surface area contributed by atoms with Crippen LogP contribution in [-0.2, 0) is 9.53 Å². The van der Waals surface area contributed by atoms with Gasteiger partial charge in [-0.2, -0.15) is 13.2 Å². The molecule has 1 aromatic carbocycles. The van der Waals surface area contributed by atoms with Crippen LogP contribution in [0.2, 0.25) is 0 Å². The Morgan fingerprint density at radius 2 is 1.86 bits per heavy atom. The minimum Gasteiger partial charge on any atom is -0.383 e. The van der Waals surface area contributed by atoms with Gasteiger partial charge in [0.2, 0.25) is 5.91 Å². The lowest BCUT2D eigenvalue weighted by Gasteiger charge is -2.23. The van der Waals surface area contributed by atoms with E-state index in [4.69, 9.17) is 5.73 Å². The molecule has 3 N–H and O–H groups in total. The van der Waals surface area contributed by atoms with E-state index in [0.717, 1.165) is 24.3 Å². The number of nitrogens with one attached hydrogen (secondary N) is 1. The summed E-state index contributed by atoms with van der Waals surface area (Å²) < 4.78 is 56.1. The quantitative estimate of drug-likeness (QED) is 0.811. The van der Waals surface area contributed by atoms with Gasteiger partial charge in [0.15, 0.2) is 6.04 Å². The van der Waals surface area contributed by atoms with Crippen molar-refractivity contribution in [1.82, 2.24) is 5.32 Å². The molecule has 120 valence electrons. The van der Waals surface area contributed by atoms with Crippen molar-refractivity contribution in [2.24, 2.45) is 5.73 Å². The molecule has 0 saturated heterocycles. The number of carbonyl (C=O) groups is 1. The zero-order chi connectivity index (χ0) is 15.3. The summed E-state index contributed by atoms with van der Waals surface area (Å²) in [5.74, 6) is -1.67. The second kappa shape index (κ2) is 8.16. The molecule has 0 aliphatic heterocycles. The fourth-order valence-corrected chi connectivity index (χ4v) is 1.51. The molecule has 0 spiro atoms. The third-order valence-electron chi connectivity index (χ3n) is 2.50. The molecule has 1 rings (SSSR count). The first-order valence-electron chi connectivity index (χ1n) is 5.62. The summed E-state index contributed by atoms with van der Waals surface area (Å²) >= 11 is 0. The van der Waals surface area contributed by atoms with Crippen LogP contribution >= 0.6 is 12.4 Å². The Balaban J connectivity index is 0.00000400. The molecule has 0 heterocycles. The smallest absolute Gasteiger partial charge is 0.383 e. The number of alkyl halides is 3. The summed E-state index contributed by atoms with van der Waals surface area (Å²) in [6, 6.07) is 0.208. The lowest BCUT2D eigenvalue weighted by molar-refractivity contribution is -0.164. The molecule has 1 aromatic rings. The summed E-state index contributed by atoms with van der Waals surface area (Å²) in [5, 5.41) is 1.79. The summed E-state index contributed by atoms with van der Waals surface area (Å²) in [6.07, 6.45) is -4.72. The van der Waals surface area contributed by atoms with Crippen molar-refractivity contribution >= 4 is 18.3 Å². The molecule has 0 aliphatic carbocycles. The van der Waals surface area contributed by atoms with E-state index in [1.54, 1.807) is 5.32 Å². The zero-order valence-electron chi connectivity index (χ0n) is 11.0. The highest BCUT2D eigenvalue weighted by Gasteiger charge is 2.42. The molecule has 0 aliphatic rings. The van der Waals surface area contributed by atoms with Crippen molar-refractivity contribution in [3.63, 3.8) is 0 Å². The second-order valence-corrected chi connectivity index (χ2v) is 4.10. The maximum absolute atomic E-state index is 12.9. The van der Waals surface area contributed by atoms with Gasteiger partial charge in [-0.15, -0.1) is 12.4 Å². The van der Waals surface area contributed by atoms with Gasteiger partial charge in [-0.3, -0.25) is 4.79 Å². The van der Waals surface area contributed by atoms with Gasteiger partial charge >= 0.3 is 6.18 Å². The molecule has 0 fully saturated rings. The number of hydrogen-bond acceptors (Lipinski definition) is 3. The molecule has 4 nitrogen and oxygen atoms in total. The van der Waals surface area contributed by atoms with Crippen LogP contribution in [0, 0.1) is 5.82 Å². The lowest BCUT2D eigenvalue weighted by atomic mass is 10.1. The summed E-state index contributed by atoms with van der Waals surface area (Å²) in [6.45, 7) is -0.209. The molecule has 2 unspecified atom stereocenters. The van der Waals surface area contributed by atoms with E-state index in [1.165, 1.54) is 7.11 Å². The van der Waals surface area contributed by atoms with Gasteiger partial charge < -0.3 is 15.8 Å². The first-order valence-corrected chi connectivity index (χ1v) is 5.62. The largest absolute Gasteiger partial charge is 0.412 e. The third kappa shape index (κ3) is 5.86. The van der Waals surface area contributed by atoms with Crippen LogP contribution in [0.3, 0.4) is 0 Å². The first-order chi connectivity index (χ1) is 9.25. The summed E-state index contributed by atoms with van der Waals surface area (Å²) in [4.78, 5) is 11.5. The van der Waals surface area contributed by atoms with Crippen molar-refractivity contribution < 1.29 is 27.1 Å². The Hall–Kier alpha value is -1.38. The molecule has 2 atom stereocenters. The van der Waals surface area contributed by atoms with Crippen LogP contribution in [0.4, 0.5) is 17.6 Å². The summed E-state index contributed by atoms with van der Waals surface area (Å²) in [5.41, 5.74) is 5.08. The maximum Gasteiger partial charge on any atom is 0.412 e. The van der Waals surface area contributed by atoms with E-state index in [0.29, 0.717) is 0 Å². The third-order valence-corrected chi connectivity index (χ3v) is 2.50. The minimum atomic E-state index is -4.72. The highest BCUT2D eigenvalue weighted by atomic mass is 35.5. The van der Waals surface area contributed by atoms with Crippen molar-refractivity contribution in [2.45, 2.75) is 18.3 Å². The Kier molecular flexibility index (Phi) is 7.62. The molecular formula is C12H15ClF4N2O2. The highest BCUT2D eigenvalue weighted by Crippen LogP contribution is 2.32. The normalized spacial score (nSPS) is 14.0. The number of amides is 1. The highest BCUT2D eigenvalue weighted by molar-refractivity contribution is 5.85. The number of carbonyl (C=O) groups excluding carboxylic acids is 1. The number of nitrogens with two attached hydrogens (primary N) is 1. The molecule has 0 aromatic heterocycles. The molecule has 0 bridgehead atoms. The topological polar surface area (TPSA) is 64.3 Å². The fraction of sp³-hybridized carbons (Fsp3) is 0.417. The number of rotatable bonds is 5. The van der Waals surface area contributed by atoms with E-state index in [9.17, 15) is 22.4 Å². The molecule has 21 heavy (non-hydrogen) atoms. The van der Waals surface area contributed by atoms with Gasteiger partial charge in [-0.25, -0.2) is 4.39 Å². The number of hydrogen-bond donors (Lipinski definition) is 2. The standard InChI is InChI=1S/C12H14F4N2O2.ClH/c1-20-6-9(17)11(19)18-10(12(14,15)16)7-2-4-8(13)5-3-7;/h2-5,9-10H,6,17H2,1H3,(H,18,19);1H. The van der Waals surface area contributed by atoms with Crippen molar-refractivity contribution in [1.29, 1.82) is 0 Å². The molecule has 0 saturated carbocycles. The second-order valence-electron chi connectivity index (χ2n) is 4.10. The molecule has 9 heteroatoms. The SMILES string of the molecule is COCC(N)C(=O)NC(c1ccc(F)cc1)C(F)(F)F.Cl. The van der Waals surface area contributed by atoms with Crippen LogP contribution in [0.5, 0.6) is 0 Å². The van der Waals surface area contributed by atoms with Crippen LogP contribution in [0.25, 0.3) is 0 Å². The fourth-order valence-electron chi connectivity index (χ4n) is 1.51. The Bertz CT molecular complexity index is 454. The zero-order valence-corrected chi connectivity index (χ0v) is 11.8. The van der Waals surface area contributed by atoms with Crippen LogP contribution in [0.15, 0.2) is 24.3 Å². The van der Waals surface area contributed by atoms with Gasteiger partial charge in [0.05, 0.1) is 6.61 Å². The van der Waals surface area contributed by atoms with Gasteiger partial charge in [0.25, 0.3) is 0 Å². The average Bonchev–Trinajstić information content (AvgIpc) is 2.36. The number of halogens is 5. The van der Waals surface area contributed by atoms with E-state index in [-0.39, 0.29) is 24.6 Å². The van der Waals surface area contributed by atoms with Gasteiger partial charge in [0, 0.05) is 7.11 Å². The van der Waals surface area contributed by atoms with E-state index >= 15 is 0 Å². The number of ether oxygens (including phenoxy) is 1. The number of methoxy groups -OCH3 is 1. The van der Waals surface area contributed by atoms with Crippen LogP contribution in [-0.4, -0.2) is 31.8 Å². The monoisotopic (exact) mass is 330 g/mol. The van der Waals surface area contributed by atoms with Crippen molar-refractivity contribution in [2.75, 3.05) is 13.7 Å². The predicted octanol–water partition coefficient (Wildman–Crippen LogP) is 1.94. The van der Waals surface area contributed by atoms with Crippen molar-refractivity contribution in [3.8, 4) is 0 Å². The lowest BCUT2D eigenvalue weighted by Crippen LogP contribution is -2.48. The first kappa shape index (κ1) is 19.6.